The zero-order valence-electron chi connectivity index (χ0n) is 15.3. The maximum Gasteiger partial charge on any atom is 0.343 e. The zero-order valence-corrected chi connectivity index (χ0v) is 16.2. The van der Waals surface area contributed by atoms with Crippen LogP contribution in [0.3, 0.4) is 0 Å². The minimum absolute atomic E-state index is 0.0614. The number of nitro groups is 1. The molecule has 1 rings (SSSR count). The molecule has 9 nitrogen and oxygen atoms in total. The second-order valence-corrected chi connectivity index (χ2v) is 8.19. The van der Waals surface area contributed by atoms with E-state index >= 15 is 0 Å². The number of imidazole rings is 1. The Hall–Kier alpha value is -1.97. The van der Waals surface area contributed by atoms with Gasteiger partial charge in [-0.3, -0.25) is 4.79 Å². The number of carbonyl (C=O) groups is 1. The van der Waals surface area contributed by atoms with Crippen molar-refractivity contribution in [2.24, 2.45) is 7.05 Å². The molecule has 0 saturated heterocycles. The van der Waals surface area contributed by atoms with Gasteiger partial charge in [-0.2, -0.15) is 9.55 Å². The second-order valence-electron chi connectivity index (χ2n) is 6.19. The molecule has 0 aromatic carbocycles. The number of esters is 1. The third-order valence-electron chi connectivity index (χ3n) is 4.16. The van der Waals surface area contributed by atoms with E-state index in [9.17, 15) is 23.3 Å². The van der Waals surface area contributed by atoms with Crippen LogP contribution in [0.1, 0.15) is 57.8 Å². The highest BCUT2D eigenvalue weighted by atomic mass is 32.2. The number of hydrogen-bond donors (Lipinski definition) is 0. The van der Waals surface area contributed by atoms with Crippen LogP contribution in [0.25, 0.3) is 0 Å². The molecule has 0 saturated carbocycles. The number of carbonyl (C=O) groups excluding carboxylic acids is 1. The molecular weight excluding hydrogens is 362 g/mol. The summed E-state index contributed by atoms with van der Waals surface area (Å²) in [5.41, 5.74) is 0. The van der Waals surface area contributed by atoms with Gasteiger partial charge < -0.3 is 14.9 Å². The highest BCUT2D eigenvalue weighted by Gasteiger charge is 2.27. The summed E-state index contributed by atoms with van der Waals surface area (Å²) in [4.78, 5) is 24.7. The van der Waals surface area contributed by atoms with Gasteiger partial charge in [0.25, 0.3) is 0 Å². The standard InChI is InChI=1S/C16H27N3O6S/c1-18-14(19(21)22)13-17-16(18)26(23,24)12-10-8-6-4-3-5-7-9-11-15(20)25-2/h13H,3-12H2,1-2H3. The van der Waals surface area contributed by atoms with Gasteiger partial charge in [0.05, 0.1) is 19.9 Å². The fraction of sp³-hybridized carbons (Fsp3) is 0.750. The fourth-order valence-electron chi connectivity index (χ4n) is 2.66. The molecule has 1 aromatic rings. The minimum Gasteiger partial charge on any atom is -0.469 e. The van der Waals surface area contributed by atoms with Crippen molar-refractivity contribution in [1.29, 1.82) is 0 Å². The molecule has 0 aliphatic rings. The van der Waals surface area contributed by atoms with Gasteiger partial charge in [-0.05, 0) is 17.8 Å². The molecule has 0 amide bonds. The van der Waals surface area contributed by atoms with Crippen molar-refractivity contribution in [3.05, 3.63) is 16.3 Å². The van der Waals surface area contributed by atoms with Crippen LogP contribution in [0.4, 0.5) is 5.82 Å². The third-order valence-corrected chi connectivity index (χ3v) is 5.92. The lowest BCUT2D eigenvalue weighted by Gasteiger charge is -2.03. The summed E-state index contributed by atoms with van der Waals surface area (Å²) in [6, 6.07) is 0. The Kier molecular flexibility index (Phi) is 9.25. The Morgan fingerprint density at radius 1 is 1.15 bits per heavy atom. The van der Waals surface area contributed by atoms with E-state index in [1.165, 1.54) is 14.2 Å². The summed E-state index contributed by atoms with van der Waals surface area (Å²) >= 11 is 0. The van der Waals surface area contributed by atoms with Crippen molar-refractivity contribution < 1.29 is 22.9 Å². The van der Waals surface area contributed by atoms with Crippen LogP contribution in [0.5, 0.6) is 0 Å². The van der Waals surface area contributed by atoms with E-state index in [1.54, 1.807) is 0 Å². The van der Waals surface area contributed by atoms with E-state index in [1.807, 2.05) is 0 Å². The van der Waals surface area contributed by atoms with E-state index in [0.717, 1.165) is 55.7 Å². The molecule has 1 aromatic heterocycles. The van der Waals surface area contributed by atoms with Gasteiger partial charge in [0.2, 0.25) is 9.84 Å². The SMILES string of the molecule is COC(=O)CCCCCCCCCCS(=O)(=O)c1ncc([N+](=O)[O-])n1C. The molecule has 0 N–H and O–H groups in total. The summed E-state index contributed by atoms with van der Waals surface area (Å²) in [5.74, 6) is -0.575. The zero-order chi connectivity index (χ0) is 19.6. The molecule has 148 valence electrons. The van der Waals surface area contributed by atoms with Crippen molar-refractivity contribution in [3.63, 3.8) is 0 Å². The van der Waals surface area contributed by atoms with Gasteiger partial charge >= 0.3 is 16.9 Å². The van der Waals surface area contributed by atoms with Gasteiger partial charge in [0.1, 0.15) is 6.20 Å². The molecule has 10 heteroatoms. The second kappa shape index (κ2) is 10.9. The first kappa shape index (κ1) is 22.1. The summed E-state index contributed by atoms with van der Waals surface area (Å²) in [6.45, 7) is 0. The lowest BCUT2D eigenvalue weighted by molar-refractivity contribution is -0.392. The van der Waals surface area contributed by atoms with E-state index in [0.29, 0.717) is 12.8 Å². The summed E-state index contributed by atoms with van der Waals surface area (Å²) < 4.78 is 30.0. The molecular formula is C16H27N3O6S. The van der Waals surface area contributed by atoms with Crippen molar-refractivity contribution >= 4 is 21.6 Å². The van der Waals surface area contributed by atoms with Gasteiger partial charge in [-0.25, -0.2) is 8.42 Å². The number of sulfone groups is 1. The van der Waals surface area contributed by atoms with Crippen LogP contribution >= 0.6 is 0 Å². The van der Waals surface area contributed by atoms with Gasteiger partial charge in [0.15, 0.2) is 0 Å². The Bertz CT molecular complexity index is 699. The molecule has 0 spiro atoms. The number of nitrogens with zero attached hydrogens (tertiary/aromatic N) is 3. The molecule has 0 aliphatic heterocycles. The number of rotatable bonds is 13. The van der Waals surface area contributed by atoms with Crippen LogP contribution < -0.4 is 0 Å². The highest BCUT2D eigenvalue weighted by molar-refractivity contribution is 7.91. The molecule has 0 bridgehead atoms. The molecule has 0 unspecified atom stereocenters. The summed E-state index contributed by atoms with van der Waals surface area (Å²) in [6.07, 6.45) is 8.60. The number of unbranched alkanes of at least 4 members (excludes halogenated alkanes) is 7. The van der Waals surface area contributed by atoms with Gasteiger partial charge in [-0.15, -0.1) is 0 Å². The Morgan fingerprint density at radius 3 is 2.19 bits per heavy atom. The van der Waals surface area contributed by atoms with Crippen molar-refractivity contribution in [2.45, 2.75) is 62.9 Å². The lowest BCUT2D eigenvalue weighted by Crippen LogP contribution is -2.13. The minimum atomic E-state index is -3.62. The molecule has 0 radical (unpaired) electrons. The Morgan fingerprint density at radius 2 is 1.69 bits per heavy atom. The van der Waals surface area contributed by atoms with E-state index in [-0.39, 0.29) is 22.7 Å². The number of hydrogen-bond acceptors (Lipinski definition) is 7. The predicted molar refractivity (Wildman–Crippen MR) is 95.5 cm³/mol. The molecule has 0 atom stereocenters. The topological polar surface area (TPSA) is 121 Å². The maximum absolute atomic E-state index is 12.2. The molecule has 1 heterocycles. The number of ether oxygens (including phenoxy) is 1. The Labute approximate surface area is 153 Å². The maximum atomic E-state index is 12.2. The van der Waals surface area contributed by atoms with Gasteiger partial charge in [-0.1, -0.05) is 38.5 Å². The smallest absolute Gasteiger partial charge is 0.343 e. The monoisotopic (exact) mass is 389 g/mol. The first-order valence-electron chi connectivity index (χ1n) is 8.75. The first-order valence-corrected chi connectivity index (χ1v) is 10.4. The quantitative estimate of drug-likeness (QED) is 0.220. The van der Waals surface area contributed by atoms with Crippen molar-refractivity contribution in [2.75, 3.05) is 12.9 Å². The summed E-state index contributed by atoms with van der Waals surface area (Å²) in [7, 11) is -0.897. The molecule has 26 heavy (non-hydrogen) atoms. The van der Waals surface area contributed by atoms with Crippen LogP contribution in [0.15, 0.2) is 11.4 Å². The number of aromatic nitrogens is 2. The molecule has 0 fully saturated rings. The average Bonchev–Trinajstić information content (AvgIpc) is 2.98. The molecule has 0 aliphatic carbocycles. The number of methoxy groups -OCH3 is 1. The van der Waals surface area contributed by atoms with E-state index < -0.39 is 14.8 Å². The summed E-state index contributed by atoms with van der Waals surface area (Å²) in [5, 5.41) is 10.5. The highest BCUT2D eigenvalue weighted by Crippen LogP contribution is 2.18. The largest absolute Gasteiger partial charge is 0.469 e. The van der Waals surface area contributed by atoms with E-state index in [2.05, 4.69) is 9.72 Å². The van der Waals surface area contributed by atoms with Crippen LogP contribution in [-0.2, 0) is 26.4 Å². The lowest BCUT2D eigenvalue weighted by atomic mass is 10.1. The van der Waals surface area contributed by atoms with Crippen molar-refractivity contribution in [3.8, 4) is 0 Å². The van der Waals surface area contributed by atoms with Crippen molar-refractivity contribution in [1.82, 2.24) is 9.55 Å². The van der Waals surface area contributed by atoms with E-state index in [4.69, 9.17) is 0 Å². The van der Waals surface area contributed by atoms with Gasteiger partial charge in [0, 0.05) is 6.42 Å². The normalized spacial score (nSPS) is 11.5. The van der Waals surface area contributed by atoms with Crippen LogP contribution in [-0.4, -0.2) is 41.7 Å². The predicted octanol–water partition coefficient (Wildman–Crippen LogP) is 2.79. The van der Waals surface area contributed by atoms with Crippen LogP contribution in [0, 0.1) is 10.1 Å². The fourth-order valence-corrected chi connectivity index (χ4v) is 4.15. The Balaban J connectivity index is 2.19. The third kappa shape index (κ3) is 7.11. The first-order chi connectivity index (χ1) is 12.3. The average molecular weight is 389 g/mol. The van der Waals surface area contributed by atoms with Crippen LogP contribution in [0.2, 0.25) is 0 Å².